The van der Waals surface area contributed by atoms with Crippen LogP contribution in [0.4, 0.5) is 0 Å². The Morgan fingerprint density at radius 1 is 0.950 bits per heavy atom. The first-order chi connectivity index (χ1) is 9.04. The second-order valence-electron chi connectivity index (χ2n) is 8.11. The second-order valence-corrected chi connectivity index (χ2v) is 34.3. The molecule has 6 heteroatoms. The molecule has 0 bridgehead atoms. The second kappa shape index (κ2) is 6.34. The lowest BCUT2D eigenvalue weighted by molar-refractivity contribution is 0.118. The summed E-state index contributed by atoms with van der Waals surface area (Å²) in [4.78, 5) is 0. The van der Waals surface area contributed by atoms with E-state index in [0.29, 0.717) is 6.61 Å². The van der Waals surface area contributed by atoms with Crippen molar-refractivity contribution in [2.45, 2.75) is 76.6 Å². The molecule has 0 amide bonds. The van der Waals surface area contributed by atoms with Crippen molar-refractivity contribution in [1.82, 2.24) is 0 Å². The van der Waals surface area contributed by atoms with E-state index in [1.165, 1.54) is 12.1 Å². The molecule has 120 valence electrons. The van der Waals surface area contributed by atoms with Crippen LogP contribution in [0.2, 0.25) is 44.3 Å². The number of hydrogen-bond acceptors (Lipinski definition) is 3. The van der Waals surface area contributed by atoms with Gasteiger partial charge < -0.3 is 14.6 Å². The van der Waals surface area contributed by atoms with Gasteiger partial charge in [0.25, 0.3) is 0 Å². The van der Waals surface area contributed by atoms with Crippen molar-refractivity contribution < 1.29 is 14.6 Å². The smallest absolute Gasteiger partial charge is 0.175 e. The van der Waals surface area contributed by atoms with Gasteiger partial charge in [-0.15, -0.1) is 0 Å². The van der Waals surface area contributed by atoms with Crippen LogP contribution in [-0.4, -0.2) is 51.6 Å². The lowest BCUT2D eigenvalue weighted by Crippen LogP contribution is -2.79. The first kappa shape index (κ1) is 18.6. The van der Waals surface area contributed by atoms with Crippen molar-refractivity contribution in [2.24, 2.45) is 0 Å². The molecule has 1 fully saturated rings. The molecule has 1 rings (SSSR count). The van der Waals surface area contributed by atoms with E-state index in [0.717, 1.165) is 18.9 Å². The highest BCUT2D eigenvalue weighted by Crippen LogP contribution is 2.47. The summed E-state index contributed by atoms with van der Waals surface area (Å²) in [5.74, 6) is 0. The van der Waals surface area contributed by atoms with Crippen molar-refractivity contribution >= 4 is 22.5 Å². The fourth-order valence-corrected chi connectivity index (χ4v) is 40.7. The van der Waals surface area contributed by atoms with Crippen LogP contribution >= 0.6 is 0 Å². The van der Waals surface area contributed by atoms with Crippen LogP contribution in [-0.2, 0) is 4.43 Å². The van der Waals surface area contributed by atoms with Gasteiger partial charge in [0, 0.05) is 26.4 Å². The predicted molar refractivity (Wildman–Crippen MR) is 93.7 cm³/mol. The van der Waals surface area contributed by atoms with E-state index in [1.54, 1.807) is 0 Å². The highest BCUT2D eigenvalue weighted by atomic mass is 29.6. The molecule has 0 aromatic carbocycles. The van der Waals surface area contributed by atoms with Crippen molar-refractivity contribution in [3.8, 4) is 0 Å². The molecule has 1 aliphatic rings. The Balaban J connectivity index is 3.11. The number of hydrogen-bond donors (Lipinski definition) is 2. The lowest BCUT2D eigenvalue weighted by atomic mass is 10.2. The van der Waals surface area contributed by atoms with Gasteiger partial charge in [0.15, 0.2) is 7.83 Å². The molecule has 2 atom stereocenters. The molecule has 0 aromatic rings. The summed E-state index contributed by atoms with van der Waals surface area (Å²) in [6, 6.07) is 3.59. The maximum Gasteiger partial charge on any atom is 0.175 e. The molecule has 0 radical (unpaired) electrons. The maximum atomic E-state index is 9.27. The van der Waals surface area contributed by atoms with E-state index in [9.17, 15) is 10.2 Å². The molecule has 0 aromatic heterocycles. The van der Waals surface area contributed by atoms with Crippen molar-refractivity contribution in [2.75, 3.05) is 13.2 Å². The third-order valence-electron chi connectivity index (χ3n) is 5.85. The molecule has 0 spiro atoms. The monoisotopic (exact) mass is 334 g/mol. The van der Waals surface area contributed by atoms with Gasteiger partial charge in [-0.2, -0.15) is 0 Å². The van der Waals surface area contributed by atoms with Crippen molar-refractivity contribution in [3.63, 3.8) is 0 Å². The zero-order valence-corrected chi connectivity index (χ0v) is 17.3. The van der Waals surface area contributed by atoms with E-state index >= 15 is 0 Å². The van der Waals surface area contributed by atoms with E-state index in [4.69, 9.17) is 4.43 Å². The van der Waals surface area contributed by atoms with Gasteiger partial charge in [-0.1, -0.05) is 25.7 Å². The molecular formula is C14H34O3Si3. The summed E-state index contributed by atoms with van der Waals surface area (Å²) < 4.78 is 6.72. The Bertz CT molecular complexity index is 308. The third kappa shape index (κ3) is 3.47. The molecule has 20 heavy (non-hydrogen) atoms. The first-order valence-electron chi connectivity index (χ1n) is 7.95. The zero-order chi connectivity index (χ0) is 15.7. The Morgan fingerprint density at radius 2 is 1.45 bits per heavy atom. The van der Waals surface area contributed by atoms with Crippen LogP contribution in [0, 0.1) is 0 Å². The third-order valence-corrected chi connectivity index (χ3v) is 46.4. The maximum absolute atomic E-state index is 9.27. The molecule has 3 nitrogen and oxygen atoms in total. The minimum Gasteiger partial charge on any atom is -0.415 e. The largest absolute Gasteiger partial charge is 0.415 e. The first-order valence-corrected chi connectivity index (χ1v) is 18.5. The summed E-state index contributed by atoms with van der Waals surface area (Å²) in [7, 11) is -4.55. The van der Waals surface area contributed by atoms with E-state index in [-0.39, 0.29) is 12.2 Å². The highest BCUT2D eigenvalue weighted by Gasteiger charge is 2.63. The number of rotatable bonds is 6. The number of aliphatic hydroxyl groups excluding tert-OH is 2. The molecule has 2 N–H and O–H groups in total. The Kier molecular flexibility index (Phi) is 5.89. The Labute approximate surface area is 127 Å². The normalized spacial score (nSPS) is 36.0. The summed E-state index contributed by atoms with van der Waals surface area (Å²) in [5, 5.41) is 18.5. The average molecular weight is 335 g/mol. The summed E-state index contributed by atoms with van der Waals surface area (Å²) in [5.41, 5.74) is -0.00459. The van der Waals surface area contributed by atoms with Crippen molar-refractivity contribution in [3.05, 3.63) is 0 Å². The topological polar surface area (TPSA) is 49.7 Å². The van der Waals surface area contributed by atoms with E-state index in [2.05, 4.69) is 40.0 Å². The van der Waals surface area contributed by atoms with Crippen LogP contribution < -0.4 is 0 Å². The van der Waals surface area contributed by atoms with Crippen LogP contribution in [0.3, 0.4) is 0 Å². The minimum atomic E-state index is -1.75. The van der Waals surface area contributed by atoms with Gasteiger partial charge >= 0.3 is 0 Å². The predicted octanol–water partition coefficient (Wildman–Crippen LogP) is 3.08. The van der Waals surface area contributed by atoms with Crippen molar-refractivity contribution in [1.29, 1.82) is 0 Å². The highest BCUT2D eigenvalue weighted by molar-refractivity contribution is 7.68. The van der Waals surface area contributed by atoms with Crippen LogP contribution in [0.5, 0.6) is 0 Å². The fraction of sp³-hybridized carbons (Fsp3) is 1.00. The van der Waals surface area contributed by atoms with Crippen LogP contribution in [0.25, 0.3) is 0 Å². The van der Waals surface area contributed by atoms with Gasteiger partial charge in [-0.25, -0.2) is 0 Å². The lowest BCUT2D eigenvalue weighted by Gasteiger charge is -2.60. The van der Waals surface area contributed by atoms with Gasteiger partial charge in [0.05, 0.1) is 7.11 Å². The average Bonchev–Trinajstić information content (AvgIpc) is 2.31. The number of aliphatic hydroxyl groups is 2. The van der Waals surface area contributed by atoms with E-state index < -0.39 is 22.5 Å². The Morgan fingerprint density at radius 3 is 1.95 bits per heavy atom. The quantitative estimate of drug-likeness (QED) is 0.734. The molecule has 0 aliphatic carbocycles. The minimum absolute atomic E-state index is 0.00459. The molecular weight excluding hydrogens is 300 g/mol. The van der Waals surface area contributed by atoms with Gasteiger partial charge in [-0.05, 0) is 45.3 Å². The van der Waals surface area contributed by atoms with Gasteiger partial charge in [-0.3, -0.25) is 0 Å². The fourth-order valence-electron chi connectivity index (χ4n) is 4.22. The molecule has 2 unspecified atom stereocenters. The van der Waals surface area contributed by atoms with E-state index in [1.807, 2.05) is 0 Å². The molecule has 0 saturated carbocycles. The molecule has 1 saturated heterocycles. The summed E-state index contributed by atoms with van der Waals surface area (Å²) >= 11 is 0. The molecule has 1 heterocycles. The van der Waals surface area contributed by atoms with Crippen LogP contribution in [0.1, 0.15) is 26.7 Å². The van der Waals surface area contributed by atoms with Gasteiger partial charge in [0.2, 0.25) is 0 Å². The SMILES string of the molecule is CC1(C)C[Si](C)(CCCO)[Si](C)(C)[Si](C)(CCCO)O1. The van der Waals surface area contributed by atoms with Crippen LogP contribution in [0.15, 0.2) is 0 Å². The standard InChI is InChI=1S/C14H34O3Si3/c1-14(2)13-19(5,11-7-9-15)18(3,4)20(6,17-14)12-8-10-16/h15-16H,7-13H2,1-6H3. The zero-order valence-electron chi connectivity index (χ0n) is 14.3. The molecule has 1 aliphatic heterocycles. The summed E-state index contributed by atoms with van der Waals surface area (Å²) in [6.07, 6.45) is 1.85. The van der Waals surface area contributed by atoms with Gasteiger partial charge in [0.1, 0.15) is 0 Å². The Hall–Kier alpha value is 0.531. The summed E-state index contributed by atoms with van der Waals surface area (Å²) in [6.45, 7) is 15.2.